The lowest BCUT2D eigenvalue weighted by molar-refractivity contribution is 0.461. The molecule has 0 unspecified atom stereocenters. The zero-order valence-electron chi connectivity index (χ0n) is 13.5. The van der Waals surface area contributed by atoms with Gasteiger partial charge in [0.05, 0.1) is 23.4 Å². The second-order valence-electron chi connectivity index (χ2n) is 6.04. The smallest absolute Gasteiger partial charge is 0.0995 e. The molecule has 23 heavy (non-hydrogen) atoms. The fourth-order valence-electron chi connectivity index (χ4n) is 3.09. The maximum Gasteiger partial charge on any atom is 0.0995 e. The number of imidazole rings is 1. The molecular weight excluding hydrogens is 284 g/mol. The van der Waals surface area contributed by atoms with Gasteiger partial charge in [-0.2, -0.15) is 0 Å². The molecule has 2 aromatic rings. The molecule has 0 aliphatic carbocycles. The normalized spacial score (nSPS) is 17.0. The minimum absolute atomic E-state index is 0.974. The summed E-state index contributed by atoms with van der Waals surface area (Å²) in [5.74, 6) is 0. The molecule has 0 atom stereocenters. The molecule has 1 aromatic heterocycles. The molecule has 4 rings (SSSR count). The number of para-hydroxylation sites is 1. The average molecular weight is 304 g/mol. The molecule has 0 amide bonds. The monoisotopic (exact) mass is 304 g/mol. The lowest BCUT2D eigenvalue weighted by Crippen LogP contribution is -2.36. The largest absolute Gasteiger partial charge is 0.344 e. The SMILES string of the molecule is Cc1cn(C2=CN3CCN(c4ccccc4C)C=C3C=C2)cn1. The topological polar surface area (TPSA) is 24.3 Å². The Kier molecular flexibility index (Phi) is 3.30. The summed E-state index contributed by atoms with van der Waals surface area (Å²) < 4.78 is 2.07. The van der Waals surface area contributed by atoms with Crippen molar-refractivity contribution >= 4 is 11.4 Å². The Morgan fingerprint density at radius 2 is 1.65 bits per heavy atom. The van der Waals surface area contributed by atoms with Crippen molar-refractivity contribution in [2.24, 2.45) is 0 Å². The summed E-state index contributed by atoms with van der Waals surface area (Å²) in [5.41, 5.74) is 5.99. The standard InChI is InChI=1S/C19H20N4/c1-15-5-3-4-6-19(15)22-10-9-21-12-18(8-7-17(21)13-22)23-11-16(2)20-14-23/h3-8,11-14H,9-10H2,1-2H3. The van der Waals surface area contributed by atoms with E-state index >= 15 is 0 Å². The van der Waals surface area contributed by atoms with Crippen LogP contribution in [0.15, 0.2) is 67.0 Å². The number of fused-ring (bicyclic) bond motifs is 1. The maximum absolute atomic E-state index is 4.30. The van der Waals surface area contributed by atoms with Gasteiger partial charge in [0, 0.05) is 37.4 Å². The van der Waals surface area contributed by atoms with Gasteiger partial charge in [0.1, 0.15) is 0 Å². The number of hydrogen-bond acceptors (Lipinski definition) is 3. The third kappa shape index (κ3) is 2.57. The van der Waals surface area contributed by atoms with Crippen LogP contribution in [0.3, 0.4) is 0 Å². The van der Waals surface area contributed by atoms with Crippen LogP contribution in [0.1, 0.15) is 11.3 Å². The van der Waals surface area contributed by atoms with Crippen molar-refractivity contribution < 1.29 is 0 Å². The van der Waals surface area contributed by atoms with Gasteiger partial charge in [0.25, 0.3) is 0 Å². The molecule has 0 N–H and O–H groups in total. The fraction of sp³-hybridized carbons (Fsp3) is 0.211. The molecule has 1 aromatic carbocycles. The number of nitrogens with zero attached hydrogens (tertiary/aromatic N) is 4. The molecule has 0 saturated carbocycles. The molecule has 3 heterocycles. The van der Waals surface area contributed by atoms with Crippen LogP contribution in [0.4, 0.5) is 5.69 Å². The Balaban J connectivity index is 1.62. The number of benzene rings is 1. The van der Waals surface area contributed by atoms with E-state index in [0.29, 0.717) is 0 Å². The van der Waals surface area contributed by atoms with Crippen molar-refractivity contribution in [3.63, 3.8) is 0 Å². The molecule has 0 spiro atoms. The van der Waals surface area contributed by atoms with Crippen LogP contribution < -0.4 is 4.90 Å². The lowest BCUT2D eigenvalue weighted by Gasteiger charge is -2.35. The second kappa shape index (κ2) is 5.47. The van der Waals surface area contributed by atoms with Crippen LogP contribution >= 0.6 is 0 Å². The Hall–Kier alpha value is -2.75. The van der Waals surface area contributed by atoms with Crippen LogP contribution in [0.5, 0.6) is 0 Å². The predicted octanol–water partition coefficient (Wildman–Crippen LogP) is 3.53. The first-order valence-electron chi connectivity index (χ1n) is 7.92. The molecule has 4 nitrogen and oxygen atoms in total. The van der Waals surface area contributed by atoms with Gasteiger partial charge in [-0.1, -0.05) is 18.2 Å². The first kappa shape index (κ1) is 13.9. The van der Waals surface area contributed by atoms with E-state index in [-0.39, 0.29) is 0 Å². The predicted molar refractivity (Wildman–Crippen MR) is 93.7 cm³/mol. The van der Waals surface area contributed by atoms with Crippen molar-refractivity contribution in [2.75, 3.05) is 18.0 Å². The zero-order valence-corrected chi connectivity index (χ0v) is 13.5. The van der Waals surface area contributed by atoms with Crippen LogP contribution in [0, 0.1) is 13.8 Å². The number of aromatic nitrogens is 2. The van der Waals surface area contributed by atoms with Crippen LogP contribution in [0.25, 0.3) is 5.70 Å². The first-order valence-corrected chi connectivity index (χ1v) is 7.92. The molecule has 4 heteroatoms. The fourth-order valence-corrected chi connectivity index (χ4v) is 3.09. The molecule has 116 valence electrons. The van der Waals surface area contributed by atoms with Gasteiger partial charge < -0.3 is 14.4 Å². The summed E-state index contributed by atoms with van der Waals surface area (Å²) in [6.07, 6.45) is 12.7. The van der Waals surface area contributed by atoms with Crippen LogP contribution in [-0.2, 0) is 0 Å². The highest BCUT2D eigenvalue weighted by Crippen LogP contribution is 2.27. The highest BCUT2D eigenvalue weighted by atomic mass is 15.2. The lowest BCUT2D eigenvalue weighted by atomic mass is 10.1. The van der Waals surface area contributed by atoms with E-state index in [9.17, 15) is 0 Å². The molecule has 2 aliphatic heterocycles. The van der Waals surface area contributed by atoms with Gasteiger partial charge >= 0.3 is 0 Å². The van der Waals surface area contributed by atoms with Gasteiger partial charge in [0.15, 0.2) is 0 Å². The second-order valence-corrected chi connectivity index (χ2v) is 6.04. The number of anilines is 1. The van der Waals surface area contributed by atoms with Crippen LogP contribution in [-0.4, -0.2) is 27.5 Å². The number of aryl methyl sites for hydroxylation is 2. The van der Waals surface area contributed by atoms with E-state index in [4.69, 9.17) is 0 Å². The van der Waals surface area contributed by atoms with Gasteiger partial charge in [-0.05, 0) is 37.6 Å². The minimum atomic E-state index is 0.974. The van der Waals surface area contributed by atoms with Gasteiger partial charge in [-0.3, -0.25) is 0 Å². The summed E-state index contributed by atoms with van der Waals surface area (Å²) in [7, 11) is 0. The Morgan fingerprint density at radius 3 is 2.43 bits per heavy atom. The number of rotatable bonds is 2. The van der Waals surface area contributed by atoms with Crippen molar-refractivity contribution in [1.82, 2.24) is 14.5 Å². The summed E-state index contributed by atoms with van der Waals surface area (Å²) in [5, 5.41) is 0. The number of allylic oxidation sites excluding steroid dienone is 3. The molecule has 2 aliphatic rings. The zero-order chi connectivity index (χ0) is 15.8. The van der Waals surface area contributed by atoms with Crippen molar-refractivity contribution in [1.29, 1.82) is 0 Å². The Bertz CT molecular complexity index is 825. The van der Waals surface area contributed by atoms with E-state index in [1.807, 2.05) is 13.3 Å². The first-order chi connectivity index (χ1) is 11.2. The minimum Gasteiger partial charge on any atom is -0.344 e. The van der Waals surface area contributed by atoms with Gasteiger partial charge in [-0.15, -0.1) is 0 Å². The molecular formula is C19H20N4. The number of hydrogen-bond donors (Lipinski definition) is 0. The van der Waals surface area contributed by atoms with E-state index in [0.717, 1.165) is 24.5 Å². The average Bonchev–Trinajstić information content (AvgIpc) is 3.01. The van der Waals surface area contributed by atoms with Gasteiger partial charge in [0.2, 0.25) is 0 Å². The summed E-state index contributed by atoms with van der Waals surface area (Å²) in [6.45, 7) is 6.13. The molecule has 0 fully saturated rings. The van der Waals surface area contributed by atoms with Crippen molar-refractivity contribution in [2.45, 2.75) is 13.8 Å². The maximum atomic E-state index is 4.30. The molecule has 0 saturated heterocycles. The van der Waals surface area contributed by atoms with Gasteiger partial charge in [-0.25, -0.2) is 4.98 Å². The molecule has 0 radical (unpaired) electrons. The Labute approximate surface area is 136 Å². The van der Waals surface area contributed by atoms with E-state index < -0.39 is 0 Å². The third-order valence-corrected chi connectivity index (χ3v) is 4.35. The summed E-state index contributed by atoms with van der Waals surface area (Å²) >= 11 is 0. The molecule has 0 bridgehead atoms. The highest BCUT2D eigenvalue weighted by Gasteiger charge is 2.19. The summed E-state index contributed by atoms with van der Waals surface area (Å²) in [4.78, 5) is 8.95. The Morgan fingerprint density at radius 1 is 0.913 bits per heavy atom. The van der Waals surface area contributed by atoms with E-state index in [1.165, 1.54) is 16.9 Å². The third-order valence-electron chi connectivity index (χ3n) is 4.35. The van der Waals surface area contributed by atoms with E-state index in [2.05, 4.69) is 81.3 Å². The van der Waals surface area contributed by atoms with Crippen LogP contribution in [0.2, 0.25) is 0 Å². The highest BCUT2D eigenvalue weighted by molar-refractivity contribution is 5.63. The van der Waals surface area contributed by atoms with Crippen molar-refractivity contribution in [3.8, 4) is 0 Å². The quantitative estimate of drug-likeness (QED) is 0.848. The van der Waals surface area contributed by atoms with Crippen molar-refractivity contribution in [3.05, 3.63) is 78.3 Å². The van der Waals surface area contributed by atoms with E-state index in [1.54, 1.807) is 0 Å². The summed E-state index contributed by atoms with van der Waals surface area (Å²) in [6, 6.07) is 8.54.